The van der Waals surface area contributed by atoms with Crippen LogP contribution in [0, 0.1) is 5.82 Å². The predicted molar refractivity (Wildman–Crippen MR) is 98.8 cm³/mol. The van der Waals surface area contributed by atoms with E-state index in [-0.39, 0.29) is 30.3 Å². The third kappa shape index (κ3) is 6.46. The summed E-state index contributed by atoms with van der Waals surface area (Å²) in [4.78, 5) is 22.8. The van der Waals surface area contributed by atoms with Crippen molar-refractivity contribution < 1.29 is 22.4 Å². The lowest BCUT2D eigenvalue weighted by atomic mass is 10.2. The highest BCUT2D eigenvalue weighted by Crippen LogP contribution is 2.14. The van der Waals surface area contributed by atoms with Crippen LogP contribution in [0.15, 0.2) is 53.4 Å². The Balaban J connectivity index is 1.81. The third-order valence-electron chi connectivity index (χ3n) is 3.56. The number of hydrogen-bond donors (Lipinski definition) is 3. The normalized spacial score (nSPS) is 11.0. The number of carbonyl (C=O) groups excluding carboxylic acids is 2. The van der Waals surface area contributed by atoms with Crippen molar-refractivity contribution >= 4 is 27.5 Å². The first-order valence-electron chi connectivity index (χ1n) is 8.15. The highest BCUT2D eigenvalue weighted by Gasteiger charge is 2.14. The summed E-state index contributed by atoms with van der Waals surface area (Å²) in [6.45, 7) is 1.28. The molecule has 3 N–H and O–H groups in total. The van der Waals surface area contributed by atoms with Crippen LogP contribution in [-0.4, -0.2) is 26.8 Å². The van der Waals surface area contributed by atoms with Crippen molar-refractivity contribution in [2.24, 2.45) is 0 Å². The molecular formula is C18H20FN3O4S. The average Bonchev–Trinajstić information content (AvgIpc) is 2.61. The standard InChI is InChI=1S/C18H20FN3O4S/c1-13(23)22-15-6-8-16(9-7-15)27(25,26)21-11-10-18(24)20-12-14-4-2-3-5-17(14)19/h2-9,21H,10-12H2,1H3,(H,20,24)(H,22,23). The van der Waals surface area contributed by atoms with Gasteiger partial charge in [-0.25, -0.2) is 17.5 Å². The molecule has 0 fully saturated rings. The number of hydrogen-bond acceptors (Lipinski definition) is 4. The number of nitrogens with one attached hydrogen (secondary N) is 3. The molecule has 0 saturated heterocycles. The highest BCUT2D eigenvalue weighted by atomic mass is 32.2. The van der Waals surface area contributed by atoms with E-state index in [4.69, 9.17) is 0 Å². The predicted octanol–water partition coefficient (Wildman–Crippen LogP) is 1.77. The number of anilines is 1. The Labute approximate surface area is 157 Å². The largest absolute Gasteiger partial charge is 0.352 e. The maximum absolute atomic E-state index is 13.5. The lowest BCUT2D eigenvalue weighted by Crippen LogP contribution is -2.30. The van der Waals surface area contributed by atoms with Crippen LogP contribution in [0.5, 0.6) is 0 Å². The maximum atomic E-state index is 13.5. The van der Waals surface area contributed by atoms with Gasteiger partial charge in [-0.15, -0.1) is 0 Å². The second kappa shape index (κ2) is 9.24. The van der Waals surface area contributed by atoms with Gasteiger partial charge < -0.3 is 10.6 Å². The molecule has 0 unspecified atom stereocenters. The van der Waals surface area contributed by atoms with Crippen LogP contribution in [0.4, 0.5) is 10.1 Å². The van der Waals surface area contributed by atoms with Crippen LogP contribution in [0.1, 0.15) is 18.9 Å². The van der Waals surface area contributed by atoms with Crippen molar-refractivity contribution in [3.05, 3.63) is 59.9 Å². The van der Waals surface area contributed by atoms with Crippen LogP contribution >= 0.6 is 0 Å². The summed E-state index contributed by atoms with van der Waals surface area (Å²) in [6.07, 6.45) is -0.0857. The number of amides is 2. The van der Waals surface area contributed by atoms with Gasteiger partial charge >= 0.3 is 0 Å². The number of carbonyl (C=O) groups is 2. The molecule has 2 aromatic rings. The fourth-order valence-electron chi connectivity index (χ4n) is 2.23. The van der Waals surface area contributed by atoms with E-state index in [1.165, 1.54) is 37.3 Å². The van der Waals surface area contributed by atoms with Crippen LogP contribution < -0.4 is 15.4 Å². The third-order valence-corrected chi connectivity index (χ3v) is 5.04. The summed E-state index contributed by atoms with van der Waals surface area (Å²) in [5, 5.41) is 5.08. The van der Waals surface area contributed by atoms with Crippen molar-refractivity contribution in [1.82, 2.24) is 10.0 Å². The summed E-state index contributed by atoms with van der Waals surface area (Å²) in [5.41, 5.74) is 0.833. The molecular weight excluding hydrogens is 373 g/mol. The van der Waals surface area contributed by atoms with Gasteiger partial charge in [-0.3, -0.25) is 9.59 Å². The van der Waals surface area contributed by atoms with E-state index in [9.17, 15) is 22.4 Å². The van der Waals surface area contributed by atoms with Gasteiger partial charge in [-0.1, -0.05) is 18.2 Å². The maximum Gasteiger partial charge on any atom is 0.240 e. The fourth-order valence-corrected chi connectivity index (χ4v) is 3.26. The van der Waals surface area contributed by atoms with Gasteiger partial charge in [-0.05, 0) is 30.3 Å². The molecule has 0 spiro atoms. The molecule has 0 bridgehead atoms. The zero-order chi connectivity index (χ0) is 19.9. The van der Waals surface area contributed by atoms with Crippen LogP contribution in [0.25, 0.3) is 0 Å². The van der Waals surface area contributed by atoms with Crippen molar-refractivity contribution in [1.29, 1.82) is 0 Å². The molecule has 144 valence electrons. The molecule has 2 amide bonds. The van der Waals surface area contributed by atoms with E-state index in [0.717, 1.165) is 0 Å². The minimum Gasteiger partial charge on any atom is -0.352 e. The molecule has 0 saturated carbocycles. The van der Waals surface area contributed by atoms with Gasteiger partial charge in [-0.2, -0.15) is 0 Å². The van der Waals surface area contributed by atoms with Gasteiger partial charge in [0.15, 0.2) is 0 Å². The van der Waals surface area contributed by atoms with Gasteiger partial charge in [0.25, 0.3) is 0 Å². The van der Waals surface area contributed by atoms with E-state index < -0.39 is 21.7 Å². The zero-order valence-electron chi connectivity index (χ0n) is 14.7. The van der Waals surface area contributed by atoms with E-state index in [2.05, 4.69) is 15.4 Å². The second-order valence-corrected chi connectivity index (χ2v) is 7.49. The monoisotopic (exact) mass is 393 g/mol. The average molecular weight is 393 g/mol. The van der Waals surface area contributed by atoms with E-state index in [0.29, 0.717) is 11.3 Å². The van der Waals surface area contributed by atoms with E-state index >= 15 is 0 Å². The topological polar surface area (TPSA) is 104 Å². The number of rotatable bonds is 8. The lowest BCUT2D eigenvalue weighted by Gasteiger charge is -2.09. The molecule has 0 aromatic heterocycles. The molecule has 0 atom stereocenters. The summed E-state index contributed by atoms with van der Waals surface area (Å²) < 4.78 is 40.2. The highest BCUT2D eigenvalue weighted by molar-refractivity contribution is 7.89. The Hall–Kier alpha value is -2.78. The van der Waals surface area contributed by atoms with Gasteiger partial charge in [0, 0.05) is 37.7 Å². The Morgan fingerprint density at radius 1 is 1.04 bits per heavy atom. The van der Waals surface area contributed by atoms with Crippen molar-refractivity contribution in [2.45, 2.75) is 24.8 Å². The van der Waals surface area contributed by atoms with Crippen molar-refractivity contribution in [3.63, 3.8) is 0 Å². The molecule has 27 heavy (non-hydrogen) atoms. The van der Waals surface area contributed by atoms with Crippen LogP contribution in [-0.2, 0) is 26.2 Å². The molecule has 0 aliphatic carbocycles. The Morgan fingerprint density at radius 2 is 1.70 bits per heavy atom. The second-order valence-electron chi connectivity index (χ2n) is 5.72. The minimum absolute atomic E-state index is 0.0170. The summed E-state index contributed by atoms with van der Waals surface area (Å²) in [5.74, 6) is -1.08. The SMILES string of the molecule is CC(=O)Nc1ccc(S(=O)(=O)NCCC(=O)NCc2ccccc2F)cc1. The quantitative estimate of drug-likeness (QED) is 0.636. The van der Waals surface area contributed by atoms with Crippen molar-refractivity contribution in [2.75, 3.05) is 11.9 Å². The van der Waals surface area contributed by atoms with E-state index in [1.54, 1.807) is 18.2 Å². The van der Waals surface area contributed by atoms with E-state index in [1.807, 2.05) is 0 Å². The minimum atomic E-state index is -3.78. The molecule has 9 heteroatoms. The number of sulfonamides is 1. The summed E-state index contributed by atoms with van der Waals surface area (Å²) >= 11 is 0. The smallest absolute Gasteiger partial charge is 0.240 e. The number of halogens is 1. The zero-order valence-corrected chi connectivity index (χ0v) is 15.5. The molecule has 0 aliphatic rings. The number of benzene rings is 2. The Kier molecular flexibility index (Phi) is 7.03. The van der Waals surface area contributed by atoms with Gasteiger partial charge in [0.05, 0.1) is 4.90 Å². The molecule has 0 heterocycles. The summed E-state index contributed by atoms with van der Waals surface area (Å²) in [7, 11) is -3.78. The summed E-state index contributed by atoms with van der Waals surface area (Å²) in [6, 6.07) is 11.7. The van der Waals surface area contributed by atoms with Crippen LogP contribution in [0.2, 0.25) is 0 Å². The molecule has 2 aromatic carbocycles. The fraction of sp³-hybridized carbons (Fsp3) is 0.222. The first-order chi connectivity index (χ1) is 12.8. The molecule has 0 aliphatic heterocycles. The molecule has 7 nitrogen and oxygen atoms in total. The molecule has 0 radical (unpaired) electrons. The molecule has 2 rings (SSSR count). The first kappa shape index (κ1) is 20.5. The Bertz CT molecular complexity index is 914. The van der Waals surface area contributed by atoms with Gasteiger partial charge in [0.1, 0.15) is 5.82 Å². The first-order valence-corrected chi connectivity index (χ1v) is 9.63. The Morgan fingerprint density at radius 3 is 2.33 bits per heavy atom. The van der Waals surface area contributed by atoms with Crippen molar-refractivity contribution in [3.8, 4) is 0 Å². The lowest BCUT2D eigenvalue weighted by molar-refractivity contribution is -0.121. The van der Waals surface area contributed by atoms with Gasteiger partial charge in [0.2, 0.25) is 21.8 Å². The van der Waals surface area contributed by atoms with Crippen LogP contribution in [0.3, 0.4) is 0 Å².